The molecule has 1 atom stereocenters. The standard InChI is InChI=1S/C12H18N2O2/c1-9(7-13)14-8-10-3-2-4-11-12(10)16-6-5-15-11/h2-4,9,14H,5-8,13H2,1H3/t9-/m0/s1. The molecule has 88 valence electrons. The Balaban J connectivity index is 2.08. The first-order valence-corrected chi connectivity index (χ1v) is 5.62. The van der Waals surface area contributed by atoms with Crippen molar-refractivity contribution < 1.29 is 9.47 Å². The minimum absolute atomic E-state index is 0.306. The van der Waals surface area contributed by atoms with Crippen molar-refractivity contribution in [3.05, 3.63) is 23.8 Å². The summed E-state index contributed by atoms with van der Waals surface area (Å²) in [5, 5.41) is 3.34. The minimum atomic E-state index is 0.306. The van der Waals surface area contributed by atoms with E-state index >= 15 is 0 Å². The second kappa shape index (κ2) is 5.18. The summed E-state index contributed by atoms with van der Waals surface area (Å²) in [6, 6.07) is 6.27. The van der Waals surface area contributed by atoms with Crippen molar-refractivity contribution in [1.29, 1.82) is 0 Å². The molecule has 4 nitrogen and oxygen atoms in total. The van der Waals surface area contributed by atoms with E-state index < -0.39 is 0 Å². The third-order valence-corrected chi connectivity index (χ3v) is 2.64. The van der Waals surface area contributed by atoms with Crippen LogP contribution in [0.5, 0.6) is 11.5 Å². The van der Waals surface area contributed by atoms with E-state index in [-0.39, 0.29) is 0 Å². The van der Waals surface area contributed by atoms with Crippen LogP contribution in [0.25, 0.3) is 0 Å². The van der Waals surface area contributed by atoms with Crippen molar-refractivity contribution >= 4 is 0 Å². The monoisotopic (exact) mass is 222 g/mol. The molecule has 4 heteroatoms. The Morgan fingerprint density at radius 3 is 3.00 bits per heavy atom. The van der Waals surface area contributed by atoms with E-state index in [0.717, 1.165) is 23.6 Å². The number of nitrogens with one attached hydrogen (secondary N) is 1. The van der Waals surface area contributed by atoms with Gasteiger partial charge in [-0.15, -0.1) is 0 Å². The number of nitrogens with two attached hydrogens (primary N) is 1. The summed E-state index contributed by atoms with van der Waals surface area (Å²) >= 11 is 0. The van der Waals surface area contributed by atoms with Gasteiger partial charge in [-0.1, -0.05) is 12.1 Å². The largest absolute Gasteiger partial charge is 0.486 e. The molecule has 0 bridgehead atoms. The Morgan fingerprint density at radius 1 is 1.38 bits per heavy atom. The zero-order valence-corrected chi connectivity index (χ0v) is 9.53. The summed E-state index contributed by atoms with van der Waals surface area (Å²) < 4.78 is 11.1. The fourth-order valence-corrected chi connectivity index (χ4v) is 1.64. The summed E-state index contributed by atoms with van der Waals surface area (Å²) in [6.45, 7) is 4.70. The summed E-state index contributed by atoms with van der Waals surface area (Å²) in [5.74, 6) is 1.71. The first-order chi connectivity index (χ1) is 7.81. The van der Waals surface area contributed by atoms with Crippen LogP contribution in [0.3, 0.4) is 0 Å². The van der Waals surface area contributed by atoms with Gasteiger partial charge in [-0.25, -0.2) is 0 Å². The van der Waals surface area contributed by atoms with Gasteiger partial charge in [-0.3, -0.25) is 0 Å². The molecule has 0 fully saturated rings. The molecule has 3 N–H and O–H groups in total. The first-order valence-electron chi connectivity index (χ1n) is 5.62. The Hall–Kier alpha value is -1.26. The SMILES string of the molecule is C[C@@H](CN)NCc1cccc2c1OCCO2. The molecular formula is C12H18N2O2. The third-order valence-electron chi connectivity index (χ3n) is 2.64. The molecule has 1 aliphatic heterocycles. The van der Waals surface area contributed by atoms with Crippen LogP contribution in [-0.2, 0) is 6.54 Å². The first kappa shape index (κ1) is 11.2. The summed E-state index contributed by atoms with van der Waals surface area (Å²) in [7, 11) is 0. The molecule has 0 saturated carbocycles. The fourth-order valence-electron chi connectivity index (χ4n) is 1.64. The average molecular weight is 222 g/mol. The average Bonchev–Trinajstić information content (AvgIpc) is 2.35. The van der Waals surface area contributed by atoms with E-state index in [0.29, 0.717) is 25.8 Å². The topological polar surface area (TPSA) is 56.5 Å². The smallest absolute Gasteiger partial charge is 0.165 e. The number of benzene rings is 1. The zero-order chi connectivity index (χ0) is 11.4. The normalized spacial score (nSPS) is 15.9. The number of fused-ring (bicyclic) bond motifs is 1. The van der Waals surface area contributed by atoms with Crippen LogP contribution < -0.4 is 20.5 Å². The van der Waals surface area contributed by atoms with E-state index in [4.69, 9.17) is 15.2 Å². The van der Waals surface area contributed by atoms with Crippen molar-refractivity contribution in [3.8, 4) is 11.5 Å². The molecule has 16 heavy (non-hydrogen) atoms. The molecule has 0 amide bonds. The van der Waals surface area contributed by atoms with E-state index in [9.17, 15) is 0 Å². The lowest BCUT2D eigenvalue weighted by Crippen LogP contribution is -2.32. The molecular weight excluding hydrogens is 204 g/mol. The van der Waals surface area contributed by atoms with Crippen LogP contribution in [0.4, 0.5) is 0 Å². The van der Waals surface area contributed by atoms with E-state index in [1.54, 1.807) is 0 Å². The van der Waals surface area contributed by atoms with Crippen molar-refractivity contribution in [2.75, 3.05) is 19.8 Å². The molecule has 1 aromatic rings. The summed E-state index contributed by atoms with van der Waals surface area (Å²) in [5.41, 5.74) is 6.68. The van der Waals surface area contributed by atoms with Gasteiger partial charge in [0.25, 0.3) is 0 Å². The molecule has 0 aliphatic carbocycles. The van der Waals surface area contributed by atoms with Crippen LogP contribution in [0.15, 0.2) is 18.2 Å². The number of ether oxygens (including phenoxy) is 2. The highest BCUT2D eigenvalue weighted by atomic mass is 16.6. The van der Waals surface area contributed by atoms with Crippen molar-refractivity contribution in [3.63, 3.8) is 0 Å². The predicted octanol–water partition coefficient (Wildman–Crippen LogP) is 0.895. The van der Waals surface area contributed by atoms with Crippen LogP contribution in [-0.4, -0.2) is 25.8 Å². The van der Waals surface area contributed by atoms with Gasteiger partial charge in [0, 0.05) is 24.7 Å². The van der Waals surface area contributed by atoms with Gasteiger partial charge >= 0.3 is 0 Å². The van der Waals surface area contributed by atoms with Crippen LogP contribution in [0.2, 0.25) is 0 Å². The number of rotatable bonds is 4. The molecule has 0 radical (unpaired) electrons. The van der Waals surface area contributed by atoms with Gasteiger partial charge in [-0.05, 0) is 13.0 Å². The lowest BCUT2D eigenvalue weighted by atomic mass is 10.1. The molecule has 1 aromatic carbocycles. The predicted molar refractivity (Wildman–Crippen MR) is 62.8 cm³/mol. The second-order valence-electron chi connectivity index (χ2n) is 3.96. The van der Waals surface area contributed by atoms with Gasteiger partial charge in [0.05, 0.1) is 0 Å². The highest BCUT2D eigenvalue weighted by Crippen LogP contribution is 2.33. The molecule has 0 spiro atoms. The summed E-state index contributed by atoms with van der Waals surface area (Å²) in [4.78, 5) is 0. The third kappa shape index (κ3) is 2.46. The molecule has 1 heterocycles. The number of hydrogen-bond acceptors (Lipinski definition) is 4. The lowest BCUT2D eigenvalue weighted by molar-refractivity contribution is 0.169. The van der Waals surface area contributed by atoms with E-state index in [1.807, 2.05) is 18.2 Å². The molecule has 2 rings (SSSR count). The Morgan fingerprint density at radius 2 is 2.19 bits per heavy atom. The molecule has 1 aliphatic rings. The molecule has 0 saturated heterocycles. The van der Waals surface area contributed by atoms with E-state index in [1.165, 1.54) is 0 Å². The Kier molecular flexibility index (Phi) is 3.64. The maximum Gasteiger partial charge on any atom is 0.165 e. The quantitative estimate of drug-likeness (QED) is 0.794. The number of para-hydroxylation sites is 1. The van der Waals surface area contributed by atoms with Gasteiger partial charge in [0.1, 0.15) is 13.2 Å². The molecule has 0 aromatic heterocycles. The number of hydrogen-bond donors (Lipinski definition) is 2. The fraction of sp³-hybridized carbons (Fsp3) is 0.500. The maximum absolute atomic E-state index is 5.62. The minimum Gasteiger partial charge on any atom is -0.486 e. The Bertz CT molecular complexity index is 355. The van der Waals surface area contributed by atoms with Crippen molar-refractivity contribution in [1.82, 2.24) is 5.32 Å². The van der Waals surface area contributed by atoms with Crippen molar-refractivity contribution in [2.24, 2.45) is 5.73 Å². The van der Waals surface area contributed by atoms with Crippen LogP contribution in [0.1, 0.15) is 12.5 Å². The van der Waals surface area contributed by atoms with E-state index in [2.05, 4.69) is 12.2 Å². The van der Waals surface area contributed by atoms with Crippen LogP contribution >= 0.6 is 0 Å². The van der Waals surface area contributed by atoms with Crippen LogP contribution in [0, 0.1) is 0 Å². The van der Waals surface area contributed by atoms with Gasteiger partial charge in [0.15, 0.2) is 11.5 Å². The van der Waals surface area contributed by atoms with Gasteiger partial charge < -0.3 is 20.5 Å². The highest BCUT2D eigenvalue weighted by Gasteiger charge is 2.15. The Labute approximate surface area is 95.7 Å². The van der Waals surface area contributed by atoms with Crippen molar-refractivity contribution in [2.45, 2.75) is 19.5 Å². The highest BCUT2D eigenvalue weighted by molar-refractivity contribution is 5.47. The second-order valence-corrected chi connectivity index (χ2v) is 3.96. The lowest BCUT2D eigenvalue weighted by Gasteiger charge is -2.21. The van der Waals surface area contributed by atoms with Gasteiger partial charge in [0.2, 0.25) is 0 Å². The summed E-state index contributed by atoms with van der Waals surface area (Å²) in [6.07, 6.45) is 0. The molecule has 0 unspecified atom stereocenters. The maximum atomic E-state index is 5.62. The van der Waals surface area contributed by atoms with Gasteiger partial charge in [-0.2, -0.15) is 0 Å². The zero-order valence-electron chi connectivity index (χ0n) is 9.53.